The van der Waals surface area contributed by atoms with E-state index < -0.39 is 20.7 Å². The molecular formula is C33H36INO. The summed E-state index contributed by atoms with van der Waals surface area (Å²) in [5.74, 6) is 0.413. The summed E-state index contributed by atoms with van der Waals surface area (Å²) in [4.78, 5) is 2.33. The van der Waals surface area contributed by atoms with E-state index in [1.165, 1.54) is 14.8 Å². The molecule has 0 heterocycles. The fourth-order valence-corrected chi connectivity index (χ4v) is 6.47. The third-order valence-corrected chi connectivity index (χ3v) is 8.79. The van der Waals surface area contributed by atoms with Crippen molar-refractivity contribution in [2.24, 2.45) is 0 Å². The summed E-state index contributed by atoms with van der Waals surface area (Å²) in [7, 11) is 0. The third kappa shape index (κ3) is 5.89. The molecule has 1 N–H and O–H groups in total. The minimum Gasteiger partial charge on any atom is -0.507 e. The van der Waals surface area contributed by atoms with E-state index in [4.69, 9.17) is 0 Å². The van der Waals surface area contributed by atoms with Gasteiger partial charge in [0.15, 0.2) is 0 Å². The topological polar surface area (TPSA) is 23.5 Å². The number of anilines is 3. The minimum atomic E-state index is -0.533. The molecule has 36 heavy (non-hydrogen) atoms. The number of nitrogens with zero attached hydrogens (tertiary/aromatic N) is 1. The first-order valence-corrected chi connectivity index (χ1v) is 14.7. The summed E-state index contributed by atoms with van der Waals surface area (Å²) in [5, 5.41) is 11.3. The average molecular weight is 590 g/mol. The number of rotatable bonds is 5. The van der Waals surface area contributed by atoms with Gasteiger partial charge in [-0.25, -0.2) is 0 Å². The first-order valence-electron chi connectivity index (χ1n) is 12.4. The van der Waals surface area contributed by atoms with Crippen molar-refractivity contribution in [3.05, 3.63) is 117 Å². The van der Waals surface area contributed by atoms with Crippen molar-refractivity contribution in [2.75, 3.05) is 4.90 Å². The Morgan fingerprint density at radius 2 is 1.19 bits per heavy atom. The lowest BCUT2D eigenvalue weighted by atomic mass is 9.79. The quantitative estimate of drug-likeness (QED) is 0.235. The molecule has 186 valence electrons. The standard InChI is InChI=1S/C33H36INO/c1-32(2,3)25-21-24(31(36)28(22-25)33(4,5)6)23-34-29-19-13-14-20-30(29)35(26-15-9-7-10-16-26)27-17-11-8-12-18-27/h7-23,36H,1-6H3. The van der Waals surface area contributed by atoms with E-state index in [2.05, 4.69) is 148 Å². The highest BCUT2D eigenvalue weighted by atomic mass is 127. The first kappa shape index (κ1) is 26.2. The van der Waals surface area contributed by atoms with Crippen molar-refractivity contribution in [1.82, 2.24) is 0 Å². The molecule has 4 aromatic rings. The van der Waals surface area contributed by atoms with Gasteiger partial charge in [0.25, 0.3) is 0 Å². The van der Waals surface area contributed by atoms with Gasteiger partial charge in [0.1, 0.15) is 5.75 Å². The van der Waals surface area contributed by atoms with Crippen LogP contribution < -0.4 is 4.90 Å². The summed E-state index contributed by atoms with van der Waals surface area (Å²) in [6.07, 6.45) is 0. The van der Waals surface area contributed by atoms with Gasteiger partial charge < -0.3 is 10.0 Å². The Labute approximate surface area is 226 Å². The zero-order valence-corrected chi connectivity index (χ0v) is 24.2. The number of halogens is 1. The van der Waals surface area contributed by atoms with Crippen LogP contribution in [0, 0.1) is 3.57 Å². The smallest absolute Gasteiger partial charge is 0.126 e. The monoisotopic (exact) mass is 589 g/mol. The molecule has 0 spiro atoms. The average Bonchev–Trinajstić information content (AvgIpc) is 2.84. The van der Waals surface area contributed by atoms with Crippen LogP contribution in [0.1, 0.15) is 58.2 Å². The van der Waals surface area contributed by atoms with E-state index in [-0.39, 0.29) is 10.8 Å². The van der Waals surface area contributed by atoms with E-state index in [1.807, 2.05) is 0 Å². The van der Waals surface area contributed by atoms with Gasteiger partial charge in [-0.15, -0.1) is 0 Å². The number of hydrogen-bond donors (Lipinski definition) is 1. The Morgan fingerprint density at radius 3 is 1.72 bits per heavy atom. The van der Waals surface area contributed by atoms with Crippen LogP contribution in [0.5, 0.6) is 5.75 Å². The van der Waals surface area contributed by atoms with Crippen molar-refractivity contribution in [3.8, 4) is 5.75 Å². The van der Waals surface area contributed by atoms with Crippen LogP contribution in [0.15, 0.2) is 97.1 Å². The molecule has 0 atom stereocenters. The molecule has 0 saturated heterocycles. The molecule has 0 amide bonds. The van der Waals surface area contributed by atoms with Gasteiger partial charge in [0.05, 0.1) is 5.69 Å². The van der Waals surface area contributed by atoms with Crippen LogP contribution >= 0.6 is 20.7 Å². The number of hydrogen-bond acceptors (Lipinski definition) is 2. The highest BCUT2D eigenvalue weighted by Crippen LogP contribution is 2.40. The zero-order chi connectivity index (χ0) is 25.9. The van der Waals surface area contributed by atoms with Crippen molar-refractivity contribution < 1.29 is 5.11 Å². The summed E-state index contributed by atoms with van der Waals surface area (Å²) < 4.78 is 3.59. The van der Waals surface area contributed by atoms with Gasteiger partial charge in [-0.2, -0.15) is 0 Å². The molecule has 4 aromatic carbocycles. The fourth-order valence-electron chi connectivity index (χ4n) is 4.17. The maximum atomic E-state index is 11.3. The normalized spacial score (nSPS) is 12.4. The molecule has 4 rings (SSSR count). The Bertz CT molecular complexity index is 1310. The van der Waals surface area contributed by atoms with Gasteiger partial charge in [-0.05, 0) is 62.9 Å². The van der Waals surface area contributed by atoms with Gasteiger partial charge in [0, 0.05) is 26.1 Å². The first-order chi connectivity index (χ1) is 17.1. The number of benzene rings is 4. The molecule has 0 unspecified atom stereocenters. The number of phenols is 1. The van der Waals surface area contributed by atoms with Crippen molar-refractivity contribution in [1.29, 1.82) is 0 Å². The largest absolute Gasteiger partial charge is 0.507 e. The SMILES string of the molecule is CC(C)(C)c1cc(C=Ic2ccccc2N(c2ccccc2)c2ccccc2)c(O)c(C(C)(C)C)c1. The maximum absolute atomic E-state index is 11.3. The van der Waals surface area contributed by atoms with Gasteiger partial charge >= 0.3 is 0 Å². The second-order valence-corrected chi connectivity index (χ2v) is 13.5. The Kier molecular flexibility index (Phi) is 7.70. The predicted molar refractivity (Wildman–Crippen MR) is 165 cm³/mol. The molecular weight excluding hydrogens is 553 g/mol. The maximum Gasteiger partial charge on any atom is 0.126 e. The van der Waals surface area contributed by atoms with Crippen LogP contribution in [-0.2, 0) is 10.8 Å². The molecule has 0 fully saturated rings. The zero-order valence-electron chi connectivity index (χ0n) is 22.1. The molecule has 0 aromatic heterocycles. The fraction of sp³-hybridized carbons (Fsp3) is 0.242. The summed E-state index contributed by atoms with van der Waals surface area (Å²) >= 11 is -0.533. The highest BCUT2D eigenvalue weighted by Gasteiger charge is 2.24. The van der Waals surface area contributed by atoms with Crippen LogP contribution in [0.3, 0.4) is 0 Å². The van der Waals surface area contributed by atoms with Crippen molar-refractivity contribution >= 4 is 41.8 Å². The molecule has 0 saturated carbocycles. The number of aromatic hydroxyl groups is 1. The van der Waals surface area contributed by atoms with Gasteiger partial charge in [0.2, 0.25) is 0 Å². The predicted octanol–water partition coefficient (Wildman–Crippen LogP) is 9.45. The molecule has 0 aliphatic carbocycles. The molecule has 0 aliphatic rings. The van der Waals surface area contributed by atoms with Gasteiger partial charge in [-0.1, -0.05) is 117 Å². The molecule has 2 nitrogen and oxygen atoms in total. The van der Waals surface area contributed by atoms with E-state index in [0.29, 0.717) is 5.75 Å². The summed E-state index contributed by atoms with van der Waals surface area (Å²) in [6, 6.07) is 34.1. The van der Waals surface area contributed by atoms with Crippen LogP contribution in [0.25, 0.3) is 0 Å². The van der Waals surface area contributed by atoms with Crippen molar-refractivity contribution in [3.63, 3.8) is 0 Å². The molecule has 3 heteroatoms. The molecule has 0 bridgehead atoms. The van der Waals surface area contributed by atoms with Crippen LogP contribution in [0.4, 0.5) is 17.1 Å². The molecule has 0 aliphatic heterocycles. The lowest BCUT2D eigenvalue weighted by molar-refractivity contribution is 0.444. The van der Waals surface area contributed by atoms with Crippen LogP contribution in [-0.4, -0.2) is 9.12 Å². The van der Waals surface area contributed by atoms with Crippen LogP contribution in [0.2, 0.25) is 0 Å². The summed E-state index contributed by atoms with van der Waals surface area (Å²) in [6.45, 7) is 13.2. The third-order valence-electron chi connectivity index (χ3n) is 6.23. The van der Waals surface area contributed by atoms with E-state index in [1.54, 1.807) is 0 Å². The lowest BCUT2D eigenvalue weighted by Crippen LogP contribution is -2.17. The summed E-state index contributed by atoms with van der Waals surface area (Å²) in [5.41, 5.74) is 6.52. The Morgan fingerprint density at radius 1 is 0.667 bits per heavy atom. The Hall–Kier alpha value is -2.92. The van der Waals surface area contributed by atoms with E-state index >= 15 is 0 Å². The Balaban J connectivity index is 1.85. The van der Waals surface area contributed by atoms with E-state index in [0.717, 1.165) is 22.5 Å². The van der Waals surface area contributed by atoms with Crippen molar-refractivity contribution in [2.45, 2.75) is 52.4 Å². The number of para-hydroxylation sites is 3. The van der Waals surface area contributed by atoms with Gasteiger partial charge in [-0.3, -0.25) is 0 Å². The minimum absolute atomic E-state index is 0.00390. The highest BCUT2D eigenvalue weighted by molar-refractivity contribution is 14.2. The lowest BCUT2D eigenvalue weighted by Gasteiger charge is -2.27. The molecule has 0 radical (unpaired) electrons. The number of phenolic OH excluding ortho intramolecular Hbond substituents is 1. The second-order valence-electron chi connectivity index (χ2n) is 11.1. The second kappa shape index (κ2) is 10.6. The van der Waals surface area contributed by atoms with E-state index in [9.17, 15) is 5.11 Å².